The van der Waals surface area contributed by atoms with E-state index < -0.39 is 0 Å². The molecule has 1 fully saturated rings. The lowest BCUT2D eigenvalue weighted by Crippen LogP contribution is -2.41. The van der Waals surface area contributed by atoms with Crippen LogP contribution in [0, 0.1) is 0 Å². The lowest BCUT2D eigenvalue weighted by molar-refractivity contribution is 0.397. The minimum Gasteiger partial charge on any atom is -0.481 e. The Morgan fingerprint density at radius 2 is 2.38 bits per heavy atom. The Labute approximate surface area is 100 Å². The van der Waals surface area contributed by atoms with Crippen LogP contribution in [0.3, 0.4) is 0 Å². The number of nitrogen functional groups attached to an aromatic ring is 1. The fraction of sp³-hybridized carbons (Fsp3) is 0.545. The van der Waals surface area contributed by atoms with Crippen molar-refractivity contribution >= 4 is 23.3 Å². The Hall–Kier alpha value is -1.10. The van der Waals surface area contributed by atoms with Gasteiger partial charge in [-0.1, -0.05) is 0 Å². The fourth-order valence-electron chi connectivity index (χ4n) is 1.83. The molecule has 0 aromatic carbocycles. The lowest BCUT2D eigenvalue weighted by atomic mass is 10.2. The van der Waals surface area contributed by atoms with Crippen LogP contribution < -0.4 is 15.4 Å². The first-order chi connectivity index (χ1) is 7.72. The molecule has 0 aliphatic carbocycles. The standard InChI is InChI=1S/C11H17N3OS/c1-8-7-16-6-5-14(8)11-9(12)3-4-10(13-11)15-2/h3-4,8H,5-7,12H2,1-2H3. The zero-order chi connectivity index (χ0) is 11.5. The monoisotopic (exact) mass is 239 g/mol. The van der Waals surface area contributed by atoms with Crippen LogP contribution >= 0.6 is 11.8 Å². The van der Waals surface area contributed by atoms with Crippen molar-refractivity contribution in [1.29, 1.82) is 0 Å². The minimum absolute atomic E-state index is 0.473. The maximum atomic E-state index is 5.97. The van der Waals surface area contributed by atoms with Gasteiger partial charge in [0.25, 0.3) is 0 Å². The topological polar surface area (TPSA) is 51.4 Å². The van der Waals surface area contributed by atoms with Gasteiger partial charge in [-0.25, -0.2) is 0 Å². The summed E-state index contributed by atoms with van der Waals surface area (Å²) in [5.41, 5.74) is 6.69. The molecule has 0 amide bonds. The number of aromatic nitrogens is 1. The summed E-state index contributed by atoms with van der Waals surface area (Å²) < 4.78 is 5.14. The normalized spacial score (nSPS) is 20.9. The van der Waals surface area contributed by atoms with Crippen LogP contribution in [0.2, 0.25) is 0 Å². The molecule has 2 rings (SSSR count). The van der Waals surface area contributed by atoms with E-state index in [1.54, 1.807) is 13.2 Å². The molecule has 1 saturated heterocycles. The molecule has 1 unspecified atom stereocenters. The van der Waals surface area contributed by atoms with E-state index in [1.807, 2.05) is 17.8 Å². The molecule has 1 aliphatic heterocycles. The molecule has 1 aliphatic rings. The summed E-state index contributed by atoms with van der Waals surface area (Å²) in [6, 6.07) is 4.12. The Bertz CT molecular complexity index is 372. The van der Waals surface area contributed by atoms with E-state index >= 15 is 0 Å². The molecule has 2 N–H and O–H groups in total. The third-order valence-electron chi connectivity index (χ3n) is 2.73. The molecule has 1 aromatic heterocycles. The largest absolute Gasteiger partial charge is 0.481 e. The number of thioether (sulfide) groups is 1. The van der Waals surface area contributed by atoms with Crippen LogP contribution in [0.5, 0.6) is 5.88 Å². The summed E-state index contributed by atoms with van der Waals surface area (Å²) in [6.07, 6.45) is 0. The maximum Gasteiger partial charge on any atom is 0.215 e. The van der Waals surface area contributed by atoms with Gasteiger partial charge in [0.1, 0.15) is 0 Å². The van der Waals surface area contributed by atoms with Gasteiger partial charge in [0.15, 0.2) is 5.82 Å². The molecule has 2 heterocycles. The van der Waals surface area contributed by atoms with Gasteiger partial charge in [-0.3, -0.25) is 0 Å². The van der Waals surface area contributed by atoms with Gasteiger partial charge in [-0.05, 0) is 13.0 Å². The average molecular weight is 239 g/mol. The summed E-state index contributed by atoms with van der Waals surface area (Å²) >= 11 is 1.98. The number of pyridine rings is 1. The number of anilines is 2. The number of nitrogens with zero attached hydrogens (tertiary/aromatic N) is 2. The van der Waals surface area contributed by atoms with Crippen molar-refractivity contribution in [3.63, 3.8) is 0 Å². The van der Waals surface area contributed by atoms with Crippen LogP contribution in [0.1, 0.15) is 6.92 Å². The maximum absolute atomic E-state index is 5.97. The molecular formula is C11H17N3OS. The molecule has 1 aromatic rings. The predicted molar refractivity (Wildman–Crippen MR) is 69.3 cm³/mol. The second-order valence-electron chi connectivity index (χ2n) is 3.88. The van der Waals surface area contributed by atoms with Crippen molar-refractivity contribution in [3.05, 3.63) is 12.1 Å². The zero-order valence-corrected chi connectivity index (χ0v) is 10.5. The first-order valence-electron chi connectivity index (χ1n) is 5.37. The van der Waals surface area contributed by atoms with Crippen molar-refractivity contribution < 1.29 is 4.74 Å². The first-order valence-corrected chi connectivity index (χ1v) is 6.52. The van der Waals surface area contributed by atoms with Crippen LogP contribution in [-0.4, -0.2) is 36.2 Å². The highest BCUT2D eigenvalue weighted by Gasteiger charge is 2.22. The average Bonchev–Trinajstić information content (AvgIpc) is 2.31. The lowest BCUT2D eigenvalue weighted by Gasteiger charge is -2.34. The summed E-state index contributed by atoms with van der Waals surface area (Å²) in [5.74, 6) is 3.72. The number of rotatable bonds is 2. The van der Waals surface area contributed by atoms with Crippen LogP contribution in [0.4, 0.5) is 11.5 Å². The molecule has 16 heavy (non-hydrogen) atoms. The van der Waals surface area contributed by atoms with Gasteiger partial charge in [0, 0.05) is 30.2 Å². The summed E-state index contributed by atoms with van der Waals surface area (Å²) in [7, 11) is 1.62. The first kappa shape index (κ1) is 11.4. The second kappa shape index (κ2) is 4.82. The number of ether oxygens (including phenoxy) is 1. The number of hydrogen-bond acceptors (Lipinski definition) is 5. The van der Waals surface area contributed by atoms with Crippen molar-refractivity contribution in [3.8, 4) is 5.88 Å². The van der Waals surface area contributed by atoms with Gasteiger partial charge < -0.3 is 15.4 Å². The quantitative estimate of drug-likeness (QED) is 0.850. The second-order valence-corrected chi connectivity index (χ2v) is 5.03. The van der Waals surface area contributed by atoms with E-state index in [2.05, 4.69) is 16.8 Å². The molecule has 0 spiro atoms. The minimum atomic E-state index is 0.473. The Morgan fingerprint density at radius 3 is 3.06 bits per heavy atom. The summed E-state index contributed by atoms with van der Waals surface area (Å²) in [6.45, 7) is 3.20. The number of nitrogens with two attached hydrogens (primary N) is 1. The Kier molecular flexibility index (Phi) is 3.43. The van der Waals surface area contributed by atoms with Gasteiger partial charge >= 0.3 is 0 Å². The number of methoxy groups -OCH3 is 1. The predicted octanol–water partition coefficient (Wildman–Crippen LogP) is 1.61. The van der Waals surface area contributed by atoms with Crippen LogP contribution in [0.15, 0.2) is 12.1 Å². The van der Waals surface area contributed by atoms with Crippen LogP contribution in [0.25, 0.3) is 0 Å². The van der Waals surface area contributed by atoms with Crippen molar-refractivity contribution in [2.75, 3.05) is 35.8 Å². The highest BCUT2D eigenvalue weighted by Crippen LogP contribution is 2.28. The zero-order valence-electron chi connectivity index (χ0n) is 9.64. The van der Waals surface area contributed by atoms with Gasteiger partial charge in [-0.15, -0.1) is 0 Å². The smallest absolute Gasteiger partial charge is 0.215 e. The molecule has 5 heteroatoms. The van der Waals surface area contributed by atoms with Crippen molar-refractivity contribution in [2.45, 2.75) is 13.0 Å². The Morgan fingerprint density at radius 1 is 1.56 bits per heavy atom. The highest BCUT2D eigenvalue weighted by molar-refractivity contribution is 7.99. The van der Waals surface area contributed by atoms with Crippen molar-refractivity contribution in [1.82, 2.24) is 4.98 Å². The van der Waals surface area contributed by atoms with E-state index in [0.717, 1.165) is 29.6 Å². The van der Waals surface area contributed by atoms with Crippen LogP contribution in [-0.2, 0) is 0 Å². The molecule has 88 valence electrons. The molecule has 0 radical (unpaired) electrons. The third kappa shape index (κ3) is 2.19. The van der Waals surface area contributed by atoms with Gasteiger partial charge in [-0.2, -0.15) is 16.7 Å². The van der Waals surface area contributed by atoms with Crippen molar-refractivity contribution in [2.24, 2.45) is 0 Å². The fourth-order valence-corrected chi connectivity index (χ4v) is 2.84. The Balaban J connectivity index is 2.30. The van der Waals surface area contributed by atoms with E-state index in [1.165, 1.54) is 0 Å². The molecule has 1 atom stereocenters. The van der Waals surface area contributed by atoms with Gasteiger partial charge in [0.05, 0.1) is 12.8 Å². The SMILES string of the molecule is COc1ccc(N)c(N2CCSCC2C)n1. The van der Waals surface area contributed by atoms with E-state index in [9.17, 15) is 0 Å². The van der Waals surface area contributed by atoms with Gasteiger partial charge in [0.2, 0.25) is 5.88 Å². The molecular weight excluding hydrogens is 222 g/mol. The number of hydrogen-bond donors (Lipinski definition) is 1. The van der Waals surface area contributed by atoms with E-state index in [4.69, 9.17) is 10.5 Å². The molecule has 0 saturated carbocycles. The molecule has 4 nitrogen and oxygen atoms in total. The van der Waals surface area contributed by atoms with E-state index in [0.29, 0.717) is 11.9 Å². The summed E-state index contributed by atoms with van der Waals surface area (Å²) in [5, 5.41) is 0. The molecule has 0 bridgehead atoms. The van der Waals surface area contributed by atoms with E-state index in [-0.39, 0.29) is 0 Å². The summed E-state index contributed by atoms with van der Waals surface area (Å²) in [4.78, 5) is 6.69. The third-order valence-corrected chi connectivity index (χ3v) is 3.92. The highest BCUT2D eigenvalue weighted by atomic mass is 32.2.